The lowest BCUT2D eigenvalue weighted by molar-refractivity contribution is 0.107. The summed E-state index contributed by atoms with van der Waals surface area (Å²) in [5.74, 6) is 2.25. The molecule has 7 heteroatoms. The topological polar surface area (TPSA) is 64.1 Å². The second kappa shape index (κ2) is 15.2. The summed E-state index contributed by atoms with van der Waals surface area (Å²) in [6, 6.07) is 24.6. The number of nitrogens with one attached hydrogen (secondary N) is 2. The fourth-order valence-corrected chi connectivity index (χ4v) is 3.38. The summed E-state index contributed by atoms with van der Waals surface area (Å²) >= 11 is 0. The van der Waals surface area contributed by atoms with E-state index in [1.165, 1.54) is 16.7 Å². The first kappa shape index (κ1) is 27.5. The third-order valence-corrected chi connectivity index (χ3v) is 5.24. The largest absolute Gasteiger partial charge is 0.493 e. The first-order valence-electron chi connectivity index (χ1n) is 11.1. The van der Waals surface area contributed by atoms with Crippen LogP contribution in [0.25, 0.3) is 0 Å². The van der Waals surface area contributed by atoms with E-state index in [-0.39, 0.29) is 24.0 Å². The Hall–Kier alpha value is -2.78. The van der Waals surface area contributed by atoms with Gasteiger partial charge in [0.2, 0.25) is 0 Å². The van der Waals surface area contributed by atoms with E-state index in [0.717, 1.165) is 36.0 Å². The first-order chi connectivity index (χ1) is 16.2. The maximum Gasteiger partial charge on any atom is 0.191 e. The van der Waals surface area contributed by atoms with Crippen LogP contribution in [0, 0.1) is 0 Å². The molecule has 0 heterocycles. The van der Waals surface area contributed by atoms with E-state index in [1.54, 1.807) is 21.3 Å². The van der Waals surface area contributed by atoms with Gasteiger partial charge in [0.15, 0.2) is 17.5 Å². The van der Waals surface area contributed by atoms with Gasteiger partial charge in [-0.15, -0.1) is 24.0 Å². The number of halogens is 1. The average molecular weight is 575 g/mol. The Morgan fingerprint density at radius 1 is 0.735 bits per heavy atom. The third-order valence-electron chi connectivity index (χ3n) is 5.24. The molecule has 0 amide bonds. The highest BCUT2D eigenvalue weighted by Crippen LogP contribution is 2.27. The van der Waals surface area contributed by atoms with Crippen LogP contribution in [0.15, 0.2) is 77.8 Å². The maximum absolute atomic E-state index is 5.81. The fraction of sp³-hybridized carbons (Fsp3) is 0.296. The van der Waals surface area contributed by atoms with Crippen LogP contribution in [0.2, 0.25) is 0 Å². The van der Waals surface area contributed by atoms with E-state index in [2.05, 4.69) is 52.0 Å². The number of hydrogen-bond donors (Lipinski definition) is 2. The van der Waals surface area contributed by atoms with Crippen molar-refractivity contribution in [3.8, 4) is 11.5 Å². The minimum absolute atomic E-state index is 0. The molecule has 0 fully saturated rings. The number of hydrogen-bond acceptors (Lipinski definition) is 4. The van der Waals surface area contributed by atoms with Gasteiger partial charge in [0.25, 0.3) is 0 Å². The molecule has 0 aliphatic heterocycles. The molecule has 182 valence electrons. The van der Waals surface area contributed by atoms with Crippen molar-refractivity contribution in [1.29, 1.82) is 0 Å². The van der Waals surface area contributed by atoms with Crippen LogP contribution in [0.1, 0.15) is 22.3 Å². The number of ether oxygens (including phenoxy) is 3. The van der Waals surface area contributed by atoms with Crippen LogP contribution in [0.4, 0.5) is 0 Å². The quantitative estimate of drug-likeness (QED) is 0.193. The molecule has 0 radical (unpaired) electrons. The van der Waals surface area contributed by atoms with Gasteiger partial charge in [0, 0.05) is 20.1 Å². The van der Waals surface area contributed by atoms with E-state index < -0.39 is 0 Å². The standard InChI is InChI=1S/C27H33N3O3.HI/c1-28-27(29-16-15-21-13-14-25(31-2)26(17-21)32-3)30-18-22-9-11-24(12-10-22)20-33-19-23-7-5-4-6-8-23;/h4-14,17H,15-16,18-20H2,1-3H3,(H2,28,29,30);1H. The zero-order chi connectivity index (χ0) is 23.3. The summed E-state index contributed by atoms with van der Waals surface area (Å²) in [6.45, 7) is 2.67. The molecule has 6 nitrogen and oxygen atoms in total. The van der Waals surface area contributed by atoms with Gasteiger partial charge in [0.1, 0.15) is 0 Å². The lowest BCUT2D eigenvalue weighted by Crippen LogP contribution is -2.37. The van der Waals surface area contributed by atoms with Crippen molar-refractivity contribution in [2.75, 3.05) is 27.8 Å². The molecule has 0 aromatic heterocycles. The van der Waals surface area contributed by atoms with E-state index in [1.807, 2.05) is 36.4 Å². The van der Waals surface area contributed by atoms with Gasteiger partial charge in [-0.3, -0.25) is 4.99 Å². The van der Waals surface area contributed by atoms with Crippen molar-refractivity contribution in [2.45, 2.75) is 26.2 Å². The number of nitrogens with zero attached hydrogens (tertiary/aromatic N) is 1. The smallest absolute Gasteiger partial charge is 0.191 e. The molecular formula is C27H34IN3O3. The zero-order valence-electron chi connectivity index (χ0n) is 20.0. The van der Waals surface area contributed by atoms with E-state index >= 15 is 0 Å². The SMILES string of the molecule is CN=C(NCCc1ccc(OC)c(OC)c1)NCc1ccc(COCc2ccccc2)cc1.I. The molecule has 0 unspecified atom stereocenters. The van der Waals surface area contributed by atoms with Crippen molar-refractivity contribution in [1.82, 2.24) is 10.6 Å². The van der Waals surface area contributed by atoms with E-state index in [9.17, 15) is 0 Å². The molecule has 0 saturated heterocycles. The van der Waals surface area contributed by atoms with Gasteiger partial charge in [0.05, 0.1) is 27.4 Å². The van der Waals surface area contributed by atoms with Gasteiger partial charge in [-0.2, -0.15) is 0 Å². The lowest BCUT2D eigenvalue weighted by atomic mass is 10.1. The van der Waals surface area contributed by atoms with Crippen LogP contribution in [-0.4, -0.2) is 33.8 Å². The van der Waals surface area contributed by atoms with Crippen molar-refractivity contribution in [2.24, 2.45) is 4.99 Å². The molecule has 3 aromatic rings. The number of rotatable bonds is 11. The zero-order valence-corrected chi connectivity index (χ0v) is 22.4. The highest BCUT2D eigenvalue weighted by atomic mass is 127. The Kier molecular flexibility index (Phi) is 12.3. The Morgan fingerprint density at radius 3 is 2.00 bits per heavy atom. The highest BCUT2D eigenvalue weighted by molar-refractivity contribution is 14.0. The summed E-state index contributed by atoms with van der Waals surface area (Å²) in [5.41, 5.74) is 4.70. The van der Waals surface area contributed by atoms with Crippen molar-refractivity contribution >= 4 is 29.9 Å². The van der Waals surface area contributed by atoms with Crippen LogP contribution in [0.3, 0.4) is 0 Å². The molecule has 3 rings (SSSR count). The molecule has 0 aliphatic rings. The molecular weight excluding hydrogens is 541 g/mol. The van der Waals surface area contributed by atoms with Crippen LogP contribution < -0.4 is 20.1 Å². The van der Waals surface area contributed by atoms with Gasteiger partial charge in [-0.1, -0.05) is 60.7 Å². The fourth-order valence-electron chi connectivity index (χ4n) is 3.38. The Morgan fingerprint density at radius 2 is 1.35 bits per heavy atom. The van der Waals surface area contributed by atoms with Crippen LogP contribution in [-0.2, 0) is 30.9 Å². The molecule has 0 aliphatic carbocycles. The number of benzene rings is 3. The molecule has 3 aromatic carbocycles. The van der Waals surface area contributed by atoms with E-state index in [0.29, 0.717) is 19.8 Å². The highest BCUT2D eigenvalue weighted by Gasteiger charge is 2.05. The predicted octanol–water partition coefficient (Wildman–Crippen LogP) is 4.95. The summed E-state index contributed by atoms with van der Waals surface area (Å²) in [5, 5.41) is 6.72. The van der Waals surface area contributed by atoms with Gasteiger partial charge in [-0.25, -0.2) is 0 Å². The van der Waals surface area contributed by atoms with Crippen molar-refractivity contribution in [3.63, 3.8) is 0 Å². The summed E-state index contributed by atoms with van der Waals surface area (Å²) in [4.78, 5) is 4.31. The Labute approximate surface area is 219 Å². The molecule has 0 saturated carbocycles. The first-order valence-corrected chi connectivity index (χ1v) is 11.1. The Bertz CT molecular complexity index is 1010. The molecule has 0 atom stereocenters. The minimum atomic E-state index is 0. The number of guanidine groups is 1. The van der Waals surface area contributed by atoms with Crippen LogP contribution >= 0.6 is 24.0 Å². The predicted molar refractivity (Wildman–Crippen MR) is 148 cm³/mol. The molecule has 0 bridgehead atoms. The van der Waals surface area contributed by atoms with Gasteiger partial charge in [-0.05, 0) is 40.8 Å². The van der Waals surface area contributed by atoms with Gasteiger partial charge < -0.3 is 24.8 Å². The van der Waals surface area contributed by atoms with Crippen molar-refractivity contribution in [3.05, 3.63) is 95.1 Å². The summed E-state index contributed by atoms with van der Waals surface area (Å²) < 4.78 is 16.5. The normalized spacial score (nSPS) is 10.9. The monoisotopic (exact) mass is 575 g/mol. The third kappa shape index (κ3) is 8.87. The van der Waals surface area contributed by atoms with Crippen molar-refractivity contribution < 1.29 is 14.2 Å². The average Bonchev–Trinajstić information content (AvgIpc) is 2.87. The lowest BCUT2D eigenvalue weighted by Gasteiger charge is -2.13. The maximum atomic E-state index is 5.81. The Balaban J connectivity index is 0.00000408. The second-order valence-electron chi connectivity index (χ2n) is 7.59. The molecule has 34 heavy (non-hydrogen) atoms. The second-order valence-corrected chi connectivity index (χ2v) is 7.59. The summed E-state index contributed by atoms with van der Waals surface area (Å²) in [7, 11) is 5.07. The van der Waals surface area contributed by atoms with Gasteiger partial charge >= 0.3 is 0 Å². The molecule has 2 N–H and O–H groups in total. The number of methoxy groups -OCH3 is 2. The summed E-state index contributed by atoms with van der Waals surface area (Å²) in [6.07, 6.45) is 0.846. The van der Waals surface area contributed by atoms with E-state index in [4.69, 9.17) is 14.2 Å². The van der Waals surface area contributed by atoms with Crippen LogP contribution in [0.5, 0.6) is 11.5 Å². The molecule has 0 spiro atoms. The minimum Gasteiger partial charge on any atom is -0.493 e. The number of aliphatic imine (C=N–C) groups is 1.